The number of hydrogen-bond acceptors (Lipinski definition) is 5. The number of piperazine rings is 1. The molecule has 2 aliphatic heterocycles. The standard InChI is InChI=1S/C11H21N3O3/c1-13-4-6-14(7-5-13)12-8-9-2-3-10(17-9)11(15)16/h9-10,12H,2-8H2,1H3,(H,15,16). The van der Waals surface area contributed by atoms with Crippen molar-refractivity contribution in [1.29, 1.82) is 0 Å². The van der Waals surface area contributed by atoms with Crippen LogP contribution in [0.2, 0.25) is 0 Å². The molecule has 98 valence electrons. The van der Waals surface area contributed by atoms with Gasteiger partial charge < -0.3 is 14.7 Å². The Morgan fingerprint density at radius 1 is 1.35 bits per heavy atom. The van der Waals surface area contributed by atoms with Gasteiger partial charge in [-0.05, 0) is 19.9 Å². The van der Waals surface area contributed by atoms with Crippen molar-refractivity contribution in [2.24, 2.45) is 0 Å². The molecular weight excluding hydrogens is 222 g/mol. The third-order valence-corrected chi connectivity index (χ3v) is 3.43. The van der Waals surface area contributed by atoms with Gasteiger partial charge in [0.15, 0.2) is 6.10 Å². The zero-order valence-corrected chi connectivity index (χ0v) is 10.3. The molecule has 2 N–H and O–H groups in total. The van der Waals surface area contributed by atoms with E-state index in [0.717, 1.165) is 32.6 Å². The zero-order chi connectivity index (χ0) is 12.3. The molecule has 2 saturated heterocycles. The number of hydrogen-bond donors (Lipinski definition) is 2. The van der Waals surface area contributed by atoms with Gasteiger partial charge in [-0.15, -0.1) is 0 Å². The summed E-state index contributed by atoms with van der Waals surface area (Å²) in [6.45, 7) is 4.86. The van der Waals surface area contributed by atoms with Gasteiger partial charge in [0.2, 0.25) is 0 Å². The molecule has 0 aromatic carbocycles. The number of carboxylic acid groups (broad SMARTS) is 1. The number of carboxylic acids is 1. The molecule has 2 aliphatic rings. The van der Waals surface area contributed by atoms with Crippen LogP contribution in [0.25, 0.3) is 0 Å². The maximum absolute atomic E-state index is 10.7. The monoisotopic (exact) mass is 243 g/mol. The fraction of sp³-hybridized carbons (Fsp3) is 0.909. The molecular formula is C11H21N3O3. The molecule has 0 radical (unpaired) electrons. The smallest absolute Gasteiger partial charge is 0.332 e. The highest BCUT2D eigenvalue weighted by Crippen LogP contribution is 2.19. The minimum absolute atomic E-state index is 0.0377. The quantitative estimate of drug-likeness (QED) is 0.685. The molecule has 0 aromatic rings. The van der Waals surface area contributed by atoms with Crippen molar-refractivity contribution in [1.82, 2.24) is 15.3 Å². The predicted octanol–water partition coefficient (Wildman–Crippen LogP) is -0.629. The van der Waals surface area contributed by atoms with E-state index in [-0.39, 0.29) is 6.10 Å². The molecule has 0 aromatic heterocycles. The highest BCUT2D eigenvalue weighted by Gasteiger charge is 2.30. The first kappa shape index (κ1) is 12.8. The van der Waals surface area contributed by atoms with Gasteiger partial charge in [0.1, 0.15) is 0 Å². The van der Waals surface area contributed by atoms with E-state index in [1.165, 1.54) is 0 Å². The number of carbonyl (C=O) groups is 1. The summed E-state index contributed by atoms with van der Waals surface area (Å²) in [5.41, 5.74) is 3.33. The third-order valence-electron chi connectivity index (χ3n) is 3.43. The summed E-state index contributed by atoms with van der Waals surface area (Å²) in [7, 11) is 2.12. The van der Waals surface area contributed by atoms with Gasteiger partial charge in [-0.3, -0.25) is 5.43 Å². The molecule has 0 spiro atoms. The van der Waals surface area contributed by atoms with Crippen LogP contribution in [0.1, 0.15) is 12.8 Å². The van der Waals surface area contributed by atoms with Gasteiger partial charge in [-0.1, -0.05) is 0 Å². The van der Waals surface area contributed by atoms with Crippen LogP contribution in [-0.4, -0.2) is 73.0 Å². The molecule has 2 unspecified atom stereocenters. The molecule has 0 aliphatic carbocycles. The fourth-order valence-corrected chi connectivity index (χ4v) is 2.23. The number of nitrogens with one attached hydrogen (secondary N) is 1. The van der Waals surface area contributed by atoms with Crippen molar-refractivity contribution in [3.63, 3.8) is 0 Å². The molecule has 6 heteroatoms. The van der Waals surface area contributed by atoms with Gasteiger partial charge in [0, 0.05) is 32.7 Å². The molecule has 0 saturated carbocycles. The first-order chi connectivity index (χ1) is 8.15. The van der Waals surface area contributed by atoms with Crippen molar-refractivity contribution in [2.45, 2.75) is 25.0 Å². The minimum atomic E-state index is -0.841. The van der Waals surface area contributed by atoms with Gasteiger partial charge in [0.05, 0.1) is 6.10 Å². The Morgan fingerprint density at radius 2 is 2.06 bits per heavy atom. The maximum Gasteiger partial charge on any atom is 0.332 e. The zero-order valence-electron chi connectivity index (χ0n) is 10.3. The summed E-state index contributed by atoms with van der Waals surface area (Å²) in [6.07, 6.45) is 0.896. The van der Waals surface area contributed by atoms with E-state index < -0.39 is 12.1 Å². The molecule has 2 fully saturated rings. The van der Waals surface area contributed by atoms with E-state index in [0.29, 0.717) is 13.0 Å². The van der Waals surface area contributed by atoms with E-state index in [4.69, 9.17) is 9.84 Å². The van der Waals surface area contributed by atoms with Gasteiger partial charge in [-0.25, -0.2) is 9.80 Å². The second-order valence-corrected chi connectivity index (χ2v) is 4.81. The summed E-state index contributed by atoms with van der Waals surface area (Å²) in [4.78, 5) is 13.0. The second kappa shape index (κ2) is 5.77. The van der Waals surface area contributed by atoms with Crippen LogP contribution >= 0.6 is 0 Å². The van der Waals surface area contributed by atoms with E-state index in [9.17, 15) is 4.79 Å². The normalized spacial score (nSPS) is 31.8. The Balaban J connectivity index is 1.64. The number of likely N-dealkylation sites (N-methyl/N-ethyl adjacent to an activating group) is 1. The minimum Gasteiger partial charge on any atom is -0.479 e. The van der Waals surface area contributed by atoms with Crippen molar-refractivity contribution < 1.29 is 14.6 Å². The molecule has 0 amide bonds. The summed E-state index contributed by atoms with van der Waals surface area (Å²) < 4.78 is 5.44. The molecule has 2 heterocycles. The van der Waals surface area contributed by atoms with Crippen LogP contribution in [0, 0.1) is 0 Å². The average Bonchev–Trinajstić information content (AvgIpc) is 2.77. The van der Waals surface area contributed by atoms with Crippen molar-refractivity contribution in [3.8, 4) is 0 Å². The Bertz CT molecular complexity index is 267. The van der Waals surface area contributed by atoms with Crippen LogP contribution in [0.3, 0.4) is 0 Å². The van der Waals surface area contributed by atoms with E-state index in [1.807, 2.05) is 0 Å². The van der Waals surface area contributed by atoms with Crippen molar-refractivity contribution in [3.05, 3.63) is 0 Å². The summed E-state index contributed by atoms with van der Waals surface area (Å²) >= 11 is 0. The Kier molecular flexibility index (Phi) is 4.33. The van der Waals surface area contributed by atoms with Gasteiger partial charge in [-0.2, -0.15) is 0 Å². The highest BCUT2D eigenvalue weighted by atomic mass is 16.5. The SMILES string of the molecule is CN1CCN(NCC2CCC(C(=O)O)O2)CC1. The molecule has 2 atom stereocenters. The largest absolute Gasteiger partial charge is 0.479 e. The fourth-order valence-electron chi connectivity index (χ4n) is 2.23. The number of rotatable bonds is 4. The van der Waals surface area contributed by atoms with E-state index >= 15 is 0 Å². The third kappa shape index (κ3) is 3.64. The van der Waals surface area contributed by atoms with Crippen LogP contribution in [0.5, 0.6) is 0 Å². The van der Waals surface area contributed by atoms with Crippen molar-refractivity contribution in [2.75, 3.05) is 39.8 Å². The molecule has 2 rings (SSSR count). The number of hydrazine groups is 1. The summed E-state index contributed by atoms with van der Waals surface area (Å²) in [5, 5.41) is 11.0. The molecule has 6 nitrogen and oxygen atoms in total. The highest BCUT2D eigenvalue weighted by molar-refractivity contribution is 5.72. The van der Waals surface area contributed by atoms with Crippen molar-refractivity contribution >= 4 is 5.97 Å². The van der Waals surface area contributed by atoms with Gasteiger partial charge in [0.25, 0.3) is 0 Å². The first-order valence-corrected chi connectivity index (χ1v) is 6.20. The Morgan fingerprint density at radius 3 is 2.65 bits per heavy atom. The Hall–Kier alpha value is -0.690. The van der Waals surface area contributed by atoms with Crippen LogP contribution in [0.4, 0.5) is 0 Å². The lowest BCUT2D eigenvalue weighted by atomic mass is 10.2. The maximum atomic E-state index is 10.7. The molecule has 17 heavy (non-hydrogen) atoms. The lowest BCUT2D eigenvalue weighted by molar-refractivity contribution is -0.149. The number of ether oxygens (including phenoxy) is 1. The first-order valence-electron chi connectivity index (χ1n) is 6.20. The lowest BCUT2D eigenvalue weighted by Gasteiger charge is -2.33. The summed E-state index contributed by atoms with van der Waals surface area (Å²) in [6, 6.07) is 0. The molecule has 0 bridgehead atoms. The van der Waals surface area contributed by atoms with E-state index in [1.54, 1.807) is 0 Å². The van der Waals surface area contributed by atoms with Crippen LogP contribution in [-0.2, 0) is 9.53 Å². The van der Waals surface area contributed by atoms with E-state index in [2.05, 4.69) is 22.4 Å². The van der Waals surface area contributed by atoms with Crippen LogP contribution < -0.4 is 5.43 Å². The summed E-state index contributed by atoms with van der Waals surface area (Å²) in [5.74, 6) is -0.841. The number of aliphatic carboxylic acids is 1. The topological polar surface area (TPSA) is 65.0 Å². The van der Waals surface area contributed by atoms with Crippen LogP contribution in [0.15, 0.2) is 0 Å². The van der Waals surface area contributed by atoms with Gasteiger partial charge >= 0.3 is 5.97 Å². The second-order valence-electron chi connectivity index (χ2n) is 4.81. The lowest BCUT2D eigenvalue weighted by Crippen LogP contribution is -2.52. The Labute approximate surface area is 101 Å². The number of nitrogens with zero attached hydrogens (tertiary/aromatic N) is 2. The predicted molar refractivity (Wildman–Crippen MR) is 62.6 cm³/mol. The average molecular weight is 243 g/mol.